The zero-order valence-electron chi connectivity index (χ0n) is 20.7. The van der Waals surface area contributed by atoms with Gasteiger partial charge in [0, 0.05) is 33.3 Å². The second kappa shape index (κ2) is 11.0. The Hall–Kier alpha value is -4.59. The summed E-state index contributed by atoms with van der Waals surface area (Å²) in [6.45, 7) is 1.76. The molecule has 0 atom stereocenters. The number of amides is 3. The lowest BCUT2D eigenvalue weighted by Crippen LogP contribution is -2.32. The van der Waals surface area contributed by atoms with Gasteiger partial charge < -0.3 is 16.0 Å². The molecule has 5 rings (SSSR count). The maximum atomic E-state index is 13.2. The second-order valence-electron chi connectivity index (χ2n) is 8.79. The topological polar surface area (TPSA) is 90.5 Å². The van der Waals surface area contributed by atoms with Crippen LogP contribution < -0.4 is 20.9 Å². The molecular weight excluding hydrogens is 535 g/mol. The monoisotopic (exact) mass is 556 g/mol. The predicted octanol–water partition coefficient (Wildman–Crippen LogP) is 7.08. The summed E-state index contributed by atoms with van der Waals surface area (Å²) in [5.74, 6) is -1.62. The Morgan fingerprint density at radius 1 is 0.692 bits per heavy atom. The summed E-state index contributed by atoms with van der Waals surface area (Å²) in [6.07, 6.45) is 0. The number of aryl methyl sites for hydroxylation is 1. The molecule has 1 aliphatic rings. The van der Waals surface area contributed by atoms with E-state index in [4.69, 9.17) is 23.2 Å². The van der Waals surface area contributed by atoms with Gasteiger partial charge in [-0.05, 0) is 79.2 Å². The van der Waals surface area contributed by atoms with E-state index in [9.17, 15) is 14.4 Å². The molecule has 4 aromatic carbocycles. The first-order valence-electron chi connectivity index (χ1n) is 12.0. The minimum atomic E-state index is -0.659. The normalized spacial score (nSPS) is 13.1. The van der Waals surface area contributed by atoms with E-state index in [0.29, 0.717) is 33.2 Å². The summed E-state index contributed by atoms with van der Waals surface area (Å²) in [6, 6.07) is 28.6. The molecule has 0 unspecified atom stereocenters. The van der Waals surface area contributed by atoms with Crippen molar-refractivity contribution >= 4 is 69.4 Å². The van der Waals surface area contributed by atoms with Crippen molar-refractivity contribution in [3.63, 3.8) is 0 Å². The molecule has 0 saturated carbocycles. The van der Waals surface area contributed by atoms with Crippen LogP contribution in [-0.2, 0) is 9.59 Å². The third-order valence-electron chi connectivity index (χ3n) is 6.04. The zero-order valence-corrected chi connectivity index (χ0v) is 22.2. The Morgan fingerprint density at radius 3 is 2.10 bits per heavy atom. The molecule has 3 amide bonds. The fourth-order valence-electron chi connectivity index (χ4n) is 4.06. The van der Waals surface area contributed by atoms with Gasteiger partial charge in [0.25, 0.3) is 17.7 Å². The summed E-state index contributed by atoms with van der Waals surface area (Å²) >= 11 is 12.4. The van der Waals surface area contributed by atoms with Crippen molar-refractivity contribution < 1.29 is 14.4 Å². The van der Waals surface area contributed by atoms with Crippen molar-refractivity contribution in [1.29, 1.82) is 0 Å². The van der Waals surface area contributed by atoms with Crippen molar-refractivity contribution in [2.75, 3.05) is 20.9 Å². The van der Waals surface area contributed by atoms with Crippen LogP contribution >= 0.6 is 23.2 Å². The third-order valence-corrected chi connectivity index (χ3v) is 6.62. The summed E-state index contributed by atoms with van der Waals surface area (Å²) in [4.78, 5) is 39.9. The van der Waals surface area contributed by atoms with Gasteiger partial charge in [-0.15, -0.1) is 0 Å². The molecule has 194 valence electrons. The number of anilines is 5. The number of hydrogen-bond acceptors (Lipinski definition) is 5. The minimum Gasteiger partial charge on any atom is -0.356 e. The maximum absolute atomic E-state index is 13.2. The number of nitrogens with one attached hydrogen (secondary N) is 3. The zero-order chi connectivity index (χ0) is 27.5. The molecule has 9 heteroatoms. The Kier molecular flexibility index (Phi) is 7.36. The van der Waals surface area contributed by atoms with Crippen molar-refractivity contribution in [3.05, 3.63) is 124 Å². The van der Waals surface area contributed by atoms with E-state index in [2.05, 4.69) is 16.0 Å². The van der Waals surface area contributed by atoms with E-state index < -0.39 is 11.8 Å². The van der Waals surface area contributed by atoms with Gasteiger partial charge in [0.1, 0.15) is 10.7 Å². The Bertz CT molecular complexity index is 1620. The number of halogens is 2. The summed E-state index contributed by atoms with van der Waals surface area (Å²) < 4.78 is 0. The first-order chi connectivity index (χ1) is 18.8. The molecule has 0 saturated heterocycles. The molecule has 0 spiro atoms. The molecule has 3 N–H and O–H groups in total. The lowest BCUT2D eigenvalue weighted by Gasteiger charge is -2.18. The summed E-state index contributed by atoms with van der Waals surface area (Å²) in [5.41, 5.74) is 4.19. The number of nitrogens with zero attached hydrogens (tertiary/aromatic N) is 1. The number of carbonyl (C=O) groups excluding carboxylic acids is 3. The molecule has 39 heavy (non-hydrogen) atoms. The first kappa shape index (κ1) is 26.0. The van der Waals surface area contributed by atoms with Gasteiger partial charge in [-0.1, -0.05) is 53.5 Å². The van der Waals surface area contributed by atoms with Crippen molar-refractivity contribution in [1.82, 2.24) is 0 Å². The number of para-hydroxylation sites is 1. The fraction of sp³-hybridized carbons (Fsp3) is 0.0333. The van der Waals surface area contributed by atoms with Crippen LogP contribution in [-0.4, -0.2) is 17.7 Å². The second-order valence-corrected chi connectivity index (χ2v) is 9.61. The van der Waals surface area contributed by atoms with E-state index in [1.165, 1.54) is 6.07 Å². The van der Waals surface area contributed by atoms with Gasteiger partial charge in [0.2, 0.25) is 0 Å². The van der Waals surface area contributed by atoms with Gasteiger partial charge in [0.05, 0.1) is 5.69 Å². The molecule has 4 aromatic rings. The van der Waals surface area contributed by atoms with Crippen molar-refractivity contribution in [3.8, 4) is 0 Å². The van der Waals surface area contributed by atoms with Crippen molar-refractivity contribution in [2.24, 2.45) is 0 Å². The molecule has 0 fully saturated rings. The molecule has 0 radical (unpaired) electrons. The van der Waals surface area contributed by atoms with Crippen molar-refractivity contribution in [2.45, 2.75) is 6.92 Å². The van der Waals surface area contributed by atoms with Crippen LogP contribution in [0.3, 0.4) is 0 Å². The molecule has 1 aliphatic heterocycles. The average Bonchev–Trinajstić information content (AvgIpc) is 3.14. The molecule has 0 aliphatic carbocycles. The van der Waals surface area contributed by atoms with E-state index in [1.807, 2.05) is 42.5 Å². The van der Waals surface area contributed by atoms with Crippen LogP contribution in [0, 0.1) is 6.92 Å². The Morgan fingerprint density at radius 2 is 1.36 bits per heavy atom. The highest BCUT2D eigenvalue weighted by Crippen LogP contribution is 2.33. The lowest BCUT2D eigenvalue weighted by molar-refractivity contribution is -0.120. The Labute approximate surface area is 235 Å². The van der Waals surface area contributed by atoms with Crippen LogP contribution in [0.2, 0.25) is 5.02 Å². The van der Waals surface area contributed by atoms with Crippen LogP contribution in [0.25, 0.3) is 0 Å². The highest BCUT2D eigenvalue weighted by atomic mass is 35.5. The molecule has 1 heterocycles. The highest BCUT2D eigenvalue weighted by molar-refractivity contribution is 6.53. The number of rotatable bonds is 7. The summed E-state index contributed by atoms with van der Waals surface area (Å²) in [7, 11) is 0. The van der Waals surface area contributed by atoms with E-state index >= 15 is 0 Å². The SMILES string of the molecule is Cc1ccc(Cl)cc1N1C(=O)C(Cl)=C(Nc2cccc(C(=O)Nc3ccc(Nc4ccccc4)cc3)c2)C1=O. The molecule has 0 bridgehead atoms. The number of imide groups is 1. The fourth-order valence-corrected chi connectivity index (χ4v) is 4.44. The van der Waals surface area contributed by atoms with E-state index in [1.54, 1.807) is 55.5 Å². The number of carbonyl (C=O) groups is 3. The predicted molar refractivity (Wildman–Crippen MR) is 156 cm³/mol. The quantitative estimate of drug-likeness (QED) is 0.211. The molecule has 7 nitrogen and oxygen atoms in total. The standard InChI is InChI=1S/C30H22Cl2N4O3/c1-18-10-11-20(31)17-25(18)36-29(38)26(32)27(30(36)39)34-24-9-5-6-19(16-24)28(37)35-23-14-12-22(13-15-23)33-21-7-3-2-4-8-21/h2-17,33-34H,1H3,(H,35,37). The molecular formula is C30H22Cl2N4O3. The van der Waals surface area contributed by atoms with Gasteiger partial charge in [-0.2, -0.15) is 0 Å². The van der Waals surface area contributed by atoms with Crippen LogP contribution in [0.4, 0.5) is 28.4 Å². The number of hydrogen-bond donors (Lipinski definition) is 3. The van der Waals surface area contributed by atoms with E-state index in [-0.39, 0.29) is 16.6 Å². The van der Waals surface area contributed by atoms with Gasteiger partial charge in [-0.3, -0.25) is 14.4 Å². The molecule has 0 aromatic heterocycles. The van der Waals surface area contributed by atoms with Crippen LogP contribution in [0.5, 0.6) is 0 Å². The van der Waals surface area contributed by atoms with Crippen LogP contribution in [0.15, 0.2) is 108 Å². The highest BCUT2D eigenvalue weighted by Gasteiger charge is 2.39. The third kappa shape index (κ3) is 5.65. The number of benzene rings is 4. The maximum Gasteiger partial charge on any atom is 0.283 e. The van der Waals surface area contributed by atoms with Gasteiger partial charge in [-0.25, -0.2) is 4.90 Å². The van der Waals surface area contributed by atoms with Crippen LogP contribution in [0.1, 0.15) is 15.9 Å². The first-order valence-corrected chi connectivity index (χ1v) is 12.7. The van der Waals surface area contributed by atoms with Gasteiger partial charge in [0.15, 0.2) is 0 Å². The lowest BCUT2D eigenvalue weighted by atomic mass is 10.1. The smallest absolute Gasteiger partial charge is 0.283 e. The summed E-state index contributed by atoms with van der Waals surface area (Å²) in [5, 5.41) is 9.19. The largest absolute Gasteiger partial charge is 0.356 e. The average molecular weight is 557 g/mol. The van der Waals surface area contributed by atoms with Gasteiger partial charge >= 0.3 is 0 Å². The van der Waals surface area contributed by atoms with E-state index in [0.717, 1.165) is 16.3 Å². The minimum absolute atomic E-state index is 0.0832. The Balaban J connectivity index is 1.28.